The number of rotatable bonds is 8. The van der Waals surface area contributed by atoms with Gasteiger partial charge < -0.3 is 17.3 Å². The molecule has 8 heteroatoms. The Morgan fingerprint density at radius 3 is 2.28 bits per heavy atom. The first-order valence-corrected chi connectivity index (χ1v) is 12.1. The van der Waals surface area contributed by atoms with Gasteiger partial charge in [-0.1, -0.05) is 37.3 Å². The van der Waals surface area contributed by atoms with Crippen LogP contribution in [0.2, 0.25) is 0 Å². The molecule has 3 aromatic heterocycles. The third-order valence-electron chi connectivity index (χ3n) is 6.49. The molecule has 5 aromatic rings. The first kappa shape index (κ1) is 25.4. The lowest BCUT2D eigenvalue weighted by molar-refractivity contribution is -0.594. The average Bonchev–Trinajstić information content (AvgIpc) is 3.55. The van der Waals surface area contributed by atoms with Crippen LogP contribution < -0.4 is 21.9 Å². The van der Waals surface area contributed by atoms with Gasteiger partial charge in [0.15, 0.2) is 16.9 Å². The molecular weight excluding hydrogens is 470 g/mol. The van der Waals surface area contributed by atoms with Gasteiger partial charge in [0.25, 0.3) is 6.33 Å². The standard InChI is InChI=1S/C28H32N7.ClH/c1-5-32(6-2)18-22-10-12-25(13-11-22)35-20-27(29-30-35)28-9-7-8-26-19-33(21-34(26)28)24-16-14-23(15-17-24)31(3)4;/h7-17,19-21H,5-6,18H2,1-4H3;1H/q+1;/p-1. The molecule has 0 fully saturated rings. The number of hydrogen-bond acceptors (Lipinski definition) is 4. The summed E-state index contributed by atoms with van der Waals surface area (Å²) in [7, 11) is 4.10. The van der Waals surface area contributed by atoms with Crippen LogP contribution in [0.15, 0.2) is 85.5 Å². The summed E-state index contributed by atoms with van der Waals surface area (Å²) >= 11 is 0. The van der Waals surface area contributed by atoms with Crippen molar-refractivity contribution in [3.8, 4) is 22.8 Å². The molecule has 5 rings (SSSR count). The predicted molar refractivity (Wildman–Crippen MR) is 140 cm³/mol. The van der Waals surface area contributed by atoms with E-state index in [0.29, 0.717) is 0 Å². The van der Waals surface area contributed by atoms with Crippen LogP contribution in [0.25, 0.3) is 28.3 Å². The van der Waals surface area contributed by atoms with Gasteiger partial charge in [0.2, 0.25) is 0 Å². The molecule has 0 atom stereocenters. The molecule has 0 aliphatic carbocycles. The van der Waals surface area contributed by atoms with Crippen molar-refractivity contribution in [1.82, 2.24) is 24.3 Å². The smallest absolute Gasteiger partial charge is 0.254 e. The number of imidazole rings is 1. The van der Waals surface area contributed by atoms with E-state index in [4.69, 9.17) is 0 Å². The van der Waals surface area contributed by atoms with Crippen molar-refractivity contribution in [1.29, 1.82) is 0 Å². The molecule has 0 radical (unpaired) electrons. The van der Waals surface area contributed by atoms with Crippen molar-refractivity contribution >= 4 is 11.2 Å². The Bertz CT molecular complexity index is 1410. The van der Waals surface area contributed by atoms with Gasteiger partial charge in [-0.25, -0.2) is 9.25 Å². The molecule has 0 unspecified atom stereocenters. The highest BCUT2D eigenvalue weighted by atomic mass is 35.5. The van der Waals surface area contributed by atoms with E-state index in [2.05, 4.69) is 136 Å². The summed E-state index contributed by atoms with van der Waals surface area (Å²) in [5.74, 6) is 0. The van der Waals surface area contributed by atoms with Crippen molar-refractivity contribution in [2.75, 3.05) is 32.1 Å². The fraction of sp³-hybridized carbons (Fsp3) is 0.250. The molecule has 0 aliphatic rings. The van der Waals surface area contributed by atoms with Crippen LogP contribution in [0, 0.1) is 0 Å². The van der Waals surface area contributed by atoms with Crippen LogP contribution in [0.3, 0.4) is 0 Å². The molecule has 0 saturated heterocycles. The molecule has 7 nitrogen and oxygen atoms in total. The van der Waals surface area contributed by atoms with E-state index in [1.807, 2.05) is 10.9 Å². The van der Waals surface area contributed by atoms with Crippen LogP contribution in [-0.2, 0) is 6.54 Å². The van der Waals surface area contributed by atoms with Gasteiger partial charge in [-0.3, -0.25) is 4.90 Å². The molecule has 0 aliphatic heterocycles. The maximum atomic E-state index is 4.49. The Labute approximate surface area is 218 Å². The maximum Gasteiger partial charge on any atom is 0.254 e. The highest BCUT2D eigenvalue weighted by Crippen LogP contribution is 2.21. The fourth-order valence-corrected chi connectivity index (χ4v) is 4.31. The van der Waals surface area contributed by atoms with Gasteiger partial charge in [0.05, 0.1) is 11.9 Å². The molecule has 0 bridgehead atoms. The van der Waals surface area contributed by atoms with Gasteiger partial charge in [-0.2, -0.15) is 4.40 Å². The second-order valence-electron chi connectivity index (χ2n) is 8.94. The molecule has 2 aromatic carbocycles. The lowest BCUT2D eigenvalue weighted by Gasteiger charge is -2.17. The Kier molecular flexibility index (Phi) is 7.72. The lowest BCUT2D eigenvalue weighted by Crippen LogP contribution is -3.00. The maximum absolute atomic E-state index is 4.49. The molecule has 0 N–H and O–H groups in total. The van der Waals surface area contributed by atoms with Crippen LogP contribution in [0.1, 0.15) is 19.4 Å². The minimum atomic E-state index is 0. The summed E-state index contributed by atoms with van der Waals surface area (Å²) in [5, 5.41) is 8.91. The highest BCUT2D eigenvalue weighted by molar-refractivity contribution is 5.60. The number of pyridine rings is 1. The first-order valence-electron chi connectivity index (χ1n) is 12.1. The first-order chi connectivity index (χ1) is 17.1. The Balaban J connectivity index is 0.00000304. The summed E-state index contributed by atoms with van der Waals surface area (Å²) in [6, 6.07) is 23.3. The summed E-state index contributed by atoms with van der Waals surface area (Å²) < 4.78 is 6.13. The Morgan fingerprint density at radius 2 is 1.61 bits per heavy atom. The van der Waals surface area contributed by atoms with Gasteiger partial charge in [-0.15, -0.1) is 5.10 Å². The van der Waals surface area contributed by atoms with E-state index in [0.717, 1.165) is 47.9 Å². The quantitative estimate of drug-likeness (QED) is 0.301. The van der Waals surface area contributed by atoms with Crippen LogP contribution in [0.5, 0.6) is 0 Å². The van der Waals surface area contributed by atoms with E-state index in [1.165, 1.54) is 11.3 Å². The monoisotopic (exact) mass is 501 g/mol. The number of nitrogens with zero attached hydrogens (tertiary/aromatic N) is 7. The summed E-state index contributed by atoms with van der Waals surface area (Å²) in [6.45, 7) is 7.46. The van der Waals surface area contributed by atoms with Gasteiger partial charge in [-0.05, 0) is 67.2 Å². The summed E-state index contributed by atoms with van der Waals surface area (Å²) in [4.78, 5) is 4.51. The third-order valence-corrected chi connectivity index (χ3v) is 6.49. The van der Waals surface area contributed by atoms with Crippen molar-refractivity contribution in [2.45, 2.75) is 20.4 Å². The minimum absolute atomic E-state index is 0. The molecule has 0 saturated carbocycles. The number of halogens is 1. The normalized spacial score (nSPS) is 11.1. The molecular formula is C28H32ClN7. The Morgan fingerprint density at radius 1 is 0.889 bits per heavy atom. The third kappa shape index (κ3) is 5.12. The number of fused-ring (bicyclic) bond motifs is 1. The van der Waals surface area contributed by atoms with E-state index >= 15 is 0 Å². The van der Waals surface area contributed by atoms with Gasteiger partial charge in [0, 0.05) is 26.3 Å². The van der Waals surface area contributed by atoms with Crippen molar-refractivity contribution in [2.24, 2.45) is 0 Å². The van der Waals surface area contributed by atoms with Crippen molar-refractivity contribution in [3.05, 3.63) is 91.0 Å². The van der Waals surface area contributed by atoms with Crippen LogP contribution in [0.4, 0.5) is 5.69 Å². The van der Waals surface area contributed by atoms with Gasteiger partial charge in [0.1, 0.15) is 11.9 Å². The van der Waals surface area contributed by atoms with Crippen LogP contribution in [-0.4, -0.2) is 51.5 Å². The summed E-state index contributed by atoms with van der Waals surface area (Å²) in [6.07, 6.45) is 6.22. The lowest BCUT2D eigenvalue weighted by atomic mass is 10.2. The molecule has 0 amide bonds. The second kappa shape index (κ2) is 10.9. The fourth-order valence-electron chi connectivity index (χ4n) is 4.31. The zero-order valence-corrected chi connectivity index (χ0v) is 22.0. The van der Waals surface area contributed by atoms with Crippen LogP contribution >= 0.6 is 0 Å². The molecule has 36 heavy (non-hydrogen) atoms. The van der Waals surface area contributed by atoms with Gasteiger partial charge >= 0.3 is 0 Å². The number of anilines is 1. The van der Waals surface area contributed by atoms with E-state index < -0.39 is 0 Å². The van der Waals surface area contributed by atoms with E-state index in [-0.39, 0.29) is 12.4 Å². The van der Waals surface area contributed by atoms with E-state index in [1.54, 1.807) is 0 Å². The second-order valence-corrected chi connectivity index (χ2v) is 8.94. The number of hydrogen-bond donors (Lipinski definition) is 0. The Hall–Kier alpha value is -3.68. The number of benzene rings is 2. The zero-order chi connectivity index (χ0) is 24.4. The topological polar surface area (TPSA) is 45.5 Å². The van der Waals surface area contributed by atoms with E-state index in [9.17, 15) is 0 Å². The molecule has 3 heterocycles. The SMILES string of the molecule is CCN(CC)Cc1ccc(-n2cc(-c3cccc4c[n+](-c5ccc(N(C)C)cc5)cn34)nn2)cc1.[Cl-]. The van der Waals surface area contributed by atoms with Crippen molar-refractivity contribution in [3.63, 3.8) is 0 Å². The molecule has 186 valence electrons. The van der Waals surface area contributed by atoms with Crippen molar-refractivity contribution < 1.29 is 17.0 Å². The summed E-state index contributed by atoms with van der Waals surface area (Å²) in [5.41, 5.74) is 7.51. The zero-order valence-electron chi connectivity index (χ0n) is 21.2. The number of aromatic nitrogens is 5. The predicted octanol–water partition coefficient (Wildman–Crippen LogP) is 1.38. The minimum Gasteiger partial charge on any atom is -1.00 e. The average molecular weight is 502 g/mol. The molecule has 0 spiro atoms. The highest BCUT2D eigenvalue weighted by Gasteiger charge is 2.17. The largest absolute Gasteiger partial charge is 1.00 e.